The quantitative estimate of drug-likeness (QED) is 0.352. The third-order valence-corrected chi connectivity index (χ3v) is 6.57. The maximum absolute atomic E-state index is 14.4. The van der Waals surface area contributed by atoms with Crippen molar-refractivity contribution in [1.29, 1.82) is 0 Å². The molecule has 6 heteroatoms. The van der Waals surface area contributed by atoms with Crippen molar-refractivity contribution < 1.29 is 9.18 Å². The van der Waals surface area contributed by atoms with Gasteiger partial charge >= 0.3 is 0 Å². The summed E-state index contributed by atoms with van der Waals surface area (Å²) >= 11 is 0. The van der Waals surface area contributed by atoms with E-state index in [1.54, 1.807) is 13.1 Å². The summed E-state index contributed by atoms with van der Waals surface area (Å²) in [7, 11) is 0. The molecule has 0 bridgehead atoms. The molecule has 0 amide bonds. The molecule has 3 aromatic rings. The molecule has 1 aliphatic carbocycles. The van der Waals surface area contributed by atoms with Crippen LogP contribution in [-0.4, -0.2) is 21.4 Å². The number of hydrogen-bond acceptors (Lipinski definition) is 4. The molecule has 1 aromatic carbocycles. The Hall–Kier alpha value is -2.73. The molecule has 1 aliphatic rings. The standard InChI is InChI=1S/C25H31FN4O/c1-5-25(3,4)29-28-17-10-11-22(27-14-17)24-20(15-31)19-13-21(26)16(2)12-23(19)30(24)18-8-6-7-9-18/h10-15,18,28-29H,5-9H2,1-4H3. The SMILES string of the molecule is CCC(C)(C)NNc1ccc(-c2c(C=O)c3cc(F)c(C)cc3n2C2CCCC2)nc1. The molecular weight excluding hydrogens is 391 g/mol. The zero-order valence-electron chi connectivity index (χ0n) is 18.8. The van der Waals surface area contributed by atoms with Crippen molar-refractivity contribution in [2.75, 3.05) is 5.43 Å². The van der Waals surface area contributed by atoms with Crippen molar-refractivity contribution in [1.82, 2.24) is 15.0 Å². The number of fused-ring (bicyclic) bond motifs is 1. The lowest BCUT2D eigenvalue weighted by atomic mass is 10.0. The second kappa shape index (κ2) is 8.42. The van der Waals surface area contributed by atoms with Crippen LogP contribution < -0.4 is 10.9 Å². The van der Waals surface area contributed by atoms with Gasteiger partial charge in [0.15, 0.2) is 6.29 Å². The molecule has 4 rings (SSSR count). The molecule has 2 aromatic heterocycles. The second-order valence-electron chi connectivity index (χ2n) is 9.23. The maximum atomic E-state index is 14.4. The number of hydrogen-bond donors (Lipinski definition) is 2. The Kier molecular flexibility index (Phi) is 5.84. The predicted molar refractivity (Wildman–Crippen MR) is 124 cm³/mol. The van der Waals surface area contributed by atoms with Crippen LogP contribution in [0.5, 0.6) is 0 Å². The summed E-state index contributed by atoms with van der Waals surface area (Å²) in [6, 6.07) is 7.54. The van der Waals surface area contributed by atoms with E-state index < -0.39 is 0 Å². The van der Waals surface area contributed by atoms with Crippen molar-refractivity contribution in [3.8, 4) is 11.4 Å². The van der Waals surface area contributed by atoms with Crippen LogP contribution in [0.25, 0.3) is 22.3 Å². The molecule has 0 saturated heterocycles. The van der Waals surface area contributed by atoms with E-state index >= 15 is 0 Å². The summed E-state index contributed by atoms with van der Waals surface area (Å²) in [6.07, 6.45) is 8.03. The Morgan fingerprint density at radius 2 is 2.00 bits per heavy atom. The molecule has 0 unspecified atom stereocenters. The summed E-state index contributed by atoms with van der Waals surface area (Å²) in [4.78, 5) is 16.8. The topological polar surface area (TPSA) is 58.9 Å². The minimum atomic E-state index is -0.289. The van der Waals surface area contributed by atoms with Crippen molar-refractivity contribution in [3.05, 3.63) is 47.4 Å². The average Bonchev–Trinajstić information content (AvgIpc) is 3.39. The van der Waals surface area contributed by atoms with Crippen LogP contribution in [0, 0.1) is 12.7 Å². The van der Waals surface area contributed by atoms with Crippen molar-refractivity contribution >= 4 is 22.9 Å². The van der Waals surface area contributed by atoms with Crippen LogP contribution >= 0.6 is 0 Å². The number of rotatable bonds is 7. The number of carbonyl (C=O) groups excluding carboxylic acids is 1. The Bertz CT molecular complexity index is 1100. The number of aldehydes is 1. The van der Waals surface area contributed by atoms with Gasteiger partial charge in [0.05, 0.1) is 28.8 Å². The van der Waals surface area contributed by atoms with Crippen LogP contribution in [0.4, 0.5) is 10.1 Å². The highest BCUT2D eigenvalue weighted by atomic mass is 19.1. The van der Waals surface area contributed by atoms with E-state index in [4.69, 9.17) is 0 Å². The van der Waals surface area contributed by atoms with E-state index in [1.807, 2.05) is 18.2 Å². The largest absolute Gasteiger partial charge is 0.335 e. The van der Waals surface area contributed by atoms with Crippen LogP contribution in [0.1, 0.15) is 74.8 Å². The molecule has 0 aliphatic heterocycles. The number of nitrogens with zero attached hydrogens (tertiary/aromatic N) is 2. The van der Waals surface area contributed by atoms with Gasteiger partial charge in [0.25, 0.3) is 0 Å². The Labute approximate surface area is 183 Å². The van der Waals surface area contributed by atoms with Gasteiger partial charge in [-0.05, 0) is 69.9 Å². The van der Waals surface area contributed by atoms with Crippen molar-refractivity contribution in [2.45, 2.75) is 71.4 Å². The molecule has 1 saturated carbocycles. The molecule has 0 radical (unpaired) electrons. The number of hydrazine groups is 1. The average molecular weight is 423 g/mol. The minimum Gasteiger partial charge on any atom is -0.335 e. The van der Waals surface area contributed by atoms with Crippen LogP contribution in [0.2, 0.25) is 0 Å². The number of anilines is 1. The van der Waals surface area contributed by atoms with E-state index in [1.165, 1.54) is 6.07 Å². The second-order valence-corrected chi connectivity index (χ2v) is 9.23. The molecule has 5 nitrogen and oxygen atoms in total. The number of aromatic nitrogens is 2. The summed E-state index contributed by atoms with van der Waals surface area (Å²) in [5, 5.41) is 0.662. The maximum Gasteiger partial charge on any atom is 0.152 e. The van der Waals surface area contributed by atoms with E-state index in [-0.39, 0.29) is 11.4 Å². The van der Waals surface area contributed by atoms with Gasteiger partial charge in [-0.25, -0.2) is 9.82 Å². The van der Waals surface area contributed by atoms with Gasteiger partial charge in [0.2, 0.25) is 0 Å². The number of aryl methyl sites for hydroxylation is 1. The van der Waals surface area contributed by atoms with Gasteiger partial charge in [-0.2, -0.15) is 0 Å². The number of nitrogens with one attached hydrogen (secondary N) is 2. The summed E-state index contributed by atoms with van der Waals surface area (Å²) < 4.78 is 16.6. The van der Waals surface area contributed by atoms with Crippen molar-refractivity contribution in [2.24, 2.45) is 0 Å². The van der Waals surface area contributed by atoms with Gasteiger partial charge in [0.1, 0.15) is 5.82 Å². The lowest BCUT2D eigenvalue weighted by Gasteiger charge is -2.25. The molecule has 164 valence electrons. The van der Waals surface area contributed by atoms with E-state index in [2.05, 4.69) is 41.2 Å². The van der Waals surface area contributed by atoms with Crippen LogP contribution in [0.15, 0.2) is 30.5 Å². The molecule has 2 heterocycles. The fraction of sp³-hybridized carbons (Fsp3) is 0.440. The molecule has 0 atom stereocenters. The first-order valence-corrected chi connectivity index (χ1v) is 11.1. The minimum absolute atomic E-state index is 0.0415. The van der Waals surface area contributed by atoms with E-state index in [0.717, 1.165) is 61.0 Å². The number of pyridine rings is 1. The Morgan fingerprint density at radius 1 is 1.26 bits per heavy atom. The fourth-order valence-electron chi connectivity index (χ4n) is 4.32. The number of benzene rings is 1. The fourth-order valence-corrected chi connectivity index (χ4v) is 4.32. The highest BCUT2D eigenvalue weighted by molar-refractivity contribution is 6.05. The first-order chi connectivity index (χ1) is 14.8. The van der Waals surface area contributed by atoms with Gasteiger partial charge in [0, 0.05) is 22.5 Å². The smallest absolute Gasteiger partial charge is 0.152 e. The zero-order valence-corrected chi connectivity index (χ0v) is 18.8. The van der Waals surface area contributed by atoms with E-state index in [9.17, 15) is 9.18 Å². The third-order valence-electron chi connectivity index (χ3n) is 6.57. The first kappa shape index (κ1) is 21.5. The Morgan fingerprint density at radius 3 is 2.61 bits per heavy atom. The summed E-state index contributed by atoms with van der Waals surface area (Å²) in [5.74, 6) is -0.289. The van der Waals surface area contributed by atoms with Gasteiger partial charge < -0.3 is 9.99 Å². The molecular formula is C25H31FN4O. The Balaban J connectivity index is 1.81. The molecule has 1 fully saturated rings. The predicted octanol–water partition coefficient (Wildman–Crippen LogP) is 6.18. The van der Waals surface area contributed by atoms with Gasteiger partial charge in [-0.3, -0.25) is 9.78 Å². The number of halogens is 1. The number of carbonyl (C=O) groups is 1. The van der Waals surface area contributed by atoms with Crippen molar-refractivity contribution in [3.63, 3.8) is 0 Å². The zero-order chi connectivity index (χ0) is 22.2. The lowest BCUT2D eigenvalue weighted by Crippen LogP contribution is -2.42. The van der Waals surface area contributed by atoms with Crippen LogP contribution in [-0.2, 0) is 0 Å². The molecule has 0 spiro atoms. The molecule has 2 N–H and O–H groups in total. The van der Waals surface area contributed by atoms with Gasteiger partial charge in [-0.1, -0.05) is 19.8 Å². The summed E-state index contributed by atoms with van der Waals surface area (Å²) in [5.41, 5.74) is 10.9. The van der Waals surface area contributed by atoms with Gasteiger partial charge in [-0.15, -0.1) is 0 Å². The highest BCUT2D eigenvalue weighted by Crippen LogP contribution is 2.41. The molecule has 31 heavy (non-hydrogen) atoms. The first-order valence-electron chi connectivity index (χ1n) is 11.1. The van der Waals surface area contributed by atoms with E-state index in [0.29, 0.717) is 22.6 Å². The monoisotopic (exact) mass is 422 g/mol. The third kappa shape index (κ3) is 4.09. The summed E-state index contributed by atoms with van der Waals surface area (Å²) in [6.45, 7) is 8.15. The lowest BCUT2D eigenvalue weighted by molar-refractivity contribution is 0.112. The van der Waals surface area contributed by atoms with Crippen LogP contribution in [0.3, 0.4) is 0 Å². The highest BCUT2D eigenvalue weighted by Gasteiger charge is 2.27. The normalized spacial score (nSPS) is 15.0.